The highest BCUT2D eigenvalue weighted by molar-refractivity contribution is 7.98. The second kappa shape index (κ2) is 4.65. The first-order chi connectivity index (χ1) is 6.57. The number of hydrogen-bond acceptors (Lipinski definition) is 3. The topological polar surface area (TPSA) is 54.9 Å². The Morgan fingerprint density at radius 3 is 2.79 bits per heavy atom. The second-order valence-electron chi connectivity index (χ2n) is 2.51. The fourth-order valence-electron chi connectivity index (χ4n) is 0.907. The third-order valence-electron chi connectivity index (χ3n) is 1.61. The van der Waals surface area contributed by atoms with Gasteiger partial charge in [-0.1, -0.05) is 11.6 Å². The molecule has 0 aliphatic carbocycles. The Bertz CT molecular complexity index is 442. The van der Waals surface area contributed by atoms with Crippen LogP contribution in [0.1, 0.15) is 0 Å². The zero-order valence-corrected chi connectivity index (χ0v) is 8.91. The van der Waals surface area contributed by atoms with Crippen molar-refractivity contribution in [1.29, 1.82) is 0 Å². The van der Waals surface area contributed by atoms with E-state index < -0.39 is 22.2 Å². The normalized spacial score (nSPS) is 10.5. The Labute approximate surface area is 88.1 Å². The molecule has 4 nitrogen and oxygen atoms in total. The molecule has 1 aromatic heterocycles. The van der Waals surface area contributed by atoms with Gasteiger partial charge in [0.1, 0.15) is 0 Å². The number of hydrogen-bond donors (Lipinski definition) is 1. The molecule has 1 rings (SSSR count). The summed E-state index contributed by atoms with van der Waals surface area (Å²) in [7, 11) is 0. The zero-order chi connectivity index (χ0) is 10.7. The number of aromatic amines is 1. The monoisotopic (exact) mass is 238 g/mol. The SMILES string of the molecule is CSCCn1c(=O)[nH]c(Cl)c(F)c1=O. The average Bonchev–Trinajstić information content (AvgIpc) is 2.14. The lowest BCUT2D eigenvalue weighted by Crippen LogP contribution is -2.37. The van der Waals surface area contributed by atoms with Crippen molar-refractivity contribution in [1.82, 2.24) is 9.55 Å². The standard InChI is InChI=1S/C7H8ClFN2O2S/c1-14-3-2-11-6(12)4(9)5(8)10-7(11)13/h2-3H2,1H3,(H,10,13). The number of rotatable bonds is 3. The van der Waals surface area contributed by atoms with Gasteiger partial charge in [-0.3, -0.25) is 14.3 Å². The van der Waals surface area contributed by atoms with E-state index >= 15 is 0 Å². The van der Waals surface area contributed by atoms with Crippen LogP contribution in [-0.4, -0.2) is 21.6 Å². The summed E-state index contributed by atoms with van der Waals surface area (Å²) in [6, 6.07) is 0. The summed E-state index contributed by atoms with van der Waals surface area (Å²) < 4.78 is 13.7. The molecule has 1 aromatic rings. The second-order valence-corrected chi connectivity index (χ2v) is 3.87. The fourth-order valence-corrected chi connectivity index (χ4v) is 1.43. The van der Waals surface area contributed by atoms with Crippen molar-refractivity contribution in [2.75, 3.05) is 12.0 Å². The molecule has 0 fully saturated rings. The predicted octanol–water partition coefficient (Wildman–Crippen LogP) is 0.692. The molecular formula is C7H8ClFN2O2S. The smallest absolute Gasteiger partial charge is 0.295 e. The van der Waals surface area contributed by atoms with Gasteiger partial charge in [0.05, 0.1) is 0 Å². The van der Waals surface area contributed by atoms with Gasteiger partial charge in [-0.2, -0.15) is 16.2 Å². The highest BCUT2D eigenvalue weighted by Crippen LogP contribution is 2.02. The molecule has 0 unspecified atom stereocenters. The van der Waals surface area contributed by atoms with Gasteiger partial charge in [0, 0.05) is 12.3 Å². The van der Waals surface area contributed by atoms with E-state index in [-0.39, 0.29) is 6.54 Å². The van der Waals surface area contributed by atoms with E-state index in [4.69, 9.17) is 11.6 Å². The number of H-pyrrole nitrogens is 1. The first-order valence-electron chi connectivity index (χ1n) is 3.75. The van der Waals surface area contributed by atoms with Gasteiger partial charge < -0.3 is 0 Å². The molecule has 0 saturated carbocycles. The number of nitrogens with one attached hydrogen (secondary N) is 1. The van der Waals surface area contributed by atoms with Crippen molar-refractivity contribution in [3.05, 3.63) is 31.8 Å². The molecule has 1 heterocycles. The van der Waals surface area contributed by atoms with Crippen LogP contribution in [0.15, 0.2) is 9.59 Å². The van der Waals surface area contributed by atoms with Crippen LogP contribution in [0.5, 0.6) is 0 Å². The number of halogens is 2. The summed E-state index contributed by atoms with van der Waals surface area (Å²) in [5, 5.41) is -0.541. The van der Waals surface area contributed by atoms with Gasteiger partial charge in [-0.25, -0.2) is 4.79 Å². The number of aromatic nitrogens is 2. The van der Waals surface area contributed by atoms with E-state index in [1.54, 1.807) is 0 Å². The minimum Gasteiger partial charge on any atom is -0.295 e. The van der Waals surface area contributed by atoms with Crippen LogP contribution in [0.3, 0.4) is 0 Å². The van der Waals surface area contributed by atoms with Crippen LogP contribution in [0.2, 0.25) is 5.15 Å². The van der Waals surface area contributed by atoms with Crippen molar-refractivity contribution in [2.45, 2.75) is 6.54 Å². The molecule has 7 heteroatoms. The van der Waals surface area contributed by atoms with Gasteiger partial charge in [0.25, 0.3) is 5.56 Å². The van der Waals surface area contributed by atoms with Gasteiger partial charge in [-0.15, -0.1) is 0 Å². The molecule has 1 N–H and O–H groups in total. The Morgan fingerprint density at radius 2 is 2.21 bits per heavy atom. The Hall–Kier alpha value is -0.750. The molecular weight excluding hydrogens is 231 g/mol. The van der Waals surface area contributed by atoms with Crippen LogP contribution >= 0.6 is 23.4 Å². The highest BCUT2D eigenvalue weighted by Gasteiger charge is 2.11. The summed E-state index contributed by atoms with van der Waals surface area (Å²) >= 11 is 6.73. The molecule has 0 bridgehead atoms. The summed E-state index contributed by atoms with van der Waals surface area (Å²) in [4.78, 5) is 24.4. The first kappa shape index (κ1) is 11.3. The number of thioether (sulfide) groups is 1. The quantitative estimate of drug-likeness (QED) is 0.789. The van der Waals surface area contributed by atoms with Crippen LogP contribution < -0.4 is 11.2 Å². The van der Waals surface area contributed by atoms with E-state index in [9.17, 15) is 14.0 Å². The molecule has 0 saturated heterocycles. The largest absolute Gasteiger partial charge is 0.329 e. The van der Waals surface area contributed by atoms with E-state index in [1.807, 2.05) is 11.2 Å². The van der Waals surface area contributed by atoms with E-state index in [2.05, 4.69) is 0 Å². The zero-order valence-electron chi connectivity index (χ0n) is 7.34. The van der Waals surface area contributed by atoms with Crippen LogP contribution in [0.4, 0.5) is 4.39 Å². The highest BCUT2D eigenvalue weighted by atomic mass is 35.5. The summed E-state index contributed by atoms with van der Waals surface area (Å²) in [6.07, 6.45) is 1.82. The lowest BCUT2D eigenvalue weighted by atomic mass is 10.5. The predicted molar refractivity (Wildman–Crippen MR) is 54.7 cm³/mol. The summed E-state index contributed by atoms with van der Waals surface area (Å²) in [5.74, 6) is -0.559. The van der Waals surface area contributed by atoms with Gasteiger partial charge in [0.2, 0.25) is 5.82 Å². The molecule has 0 radical (unpaired) electrons. The molecule has 78 valence electrons. The van der Waals surface area contributed by atoms with Gasteiger partial charge in [0.15, 0.2) is 5.15 Å². The maximum absolute atomic E-state index is 13.0. The summed E-state index contributed by atoms with van der Waals surface area (Å²) in [6.45, 7) is 0.170. The lowest BCUT2D eigenvalue weighted by Gasteiger charge is -2.03. The van der Waals surface area contributed by atoms with Crippen molar-refractivity contribution >= 4 is 23.4 Å². The Kier molecular flexibility index (Phi) is 3.77. The lowest BCUT2D eigenvalue weighted by molar-refractivity contribution is 0.553. The maximum atomic E-state index is 13.0. The third kappa shape index (κ3) is 2.19. The molecule has 0 spiro atoms. The molecule has 0 aromatic carbocycles. The Morgan fingerprint density at radius 1 is 1.57 bits per heavy atom. The Balaban J connectivity index is 3.23. The molecule has 0 atom stereocenters. The van der Waals surface area contributed by atoms with Gasteiger partial charge in [-0.05, 0) is 6.26 Å². The van der Waals surface area contributed by atoms with Crippen molar-refractivity contribution in [2.24, 2.45) is 0 Å². The van der Waals surface area contributed by atoms with E-state index in [1.165, 1.54) is 11.8 Å². The maximum Gasteiger partial charge on any atom is 0.329 e. The first-order valence-corrected chi connectivity index (χ1v) is 5.52. The minimum absolute atomic E-state index is 0.170. The average molecular weight is 239 g/mol. The number of nitrogens with zero attached hydrogens (tertiary/aromatic N) is 1. The van der Waals surface area contributed by atoms with Crippen molar-refractivity contribution in [3.8, 4) is 0 Å². The van der Waals surface area contributed by atoms with Crippen LogP contribution in [0.25, 0.3) is 0 Å². The fraction of sp³-hybridized carbons (Fsp3) is 0.429. The minimum atomic E-state index is -1.12. The van der Waals surface area contributed by atoms with E-state index in [0.29, 0.717) is 5.75 Å². The van der Waals surface area contributed by atoms with Crippen LogP contribution in [-0.2, 0) is 6.54 Å². The molecule has 0 aliphatic rings. The van der Waals surface area contributed by atoms with Crippen molar-refractivity contribution in [3.63, 3.8) is 0 Å². The third-order valence-corrected chi connectivity index (χ3v) is 2.46. The van der Waals surface area contributed by atoms with E-state index in [0.717, 1.165) is 4.57 Å². The van der Waals surface area contributed by atoms with Crippen LogP contribution in [0, 0.1) is 5.82 Å². The van der Waals surface area contributed by atoms with Gasteiger partial charge >= 0.3 is 5.69 Å². The molecule has 0 aliphatic heterocycles. The summed E-state index contributed by atoms with van der Waals surface area (Å²) in [5.41, 5.74) is -1.66. The molecule has 14 heavy (non-hydrogen) atoms. The molecule has 0 amide bonds. The van der Waals surface area contributed by atoms with Crippen molar-refractivity contribution < 1.29 is 4.39 Å².